The number of carboxylic acids is 1. The molecule has 0 heterocycles. The summed E-state index contributed by atoms with van der Waals surface area (Å²) in [5.74, 6) is -7.62. The van der Waals surface area contributed by atoms with Gasteiger partial charge in [0, 0.05) is 6.42 Å². The first-order valence-electron chi connectivity index (χ1n) is 13.1. The first-order chi connectivity index (χ1) is 17.4. The predicted octanol–water partition coefficient (Wildman–Crippen LogP) is 0.194. The minimum Gasteiger partial charge on any atom is -0.480 e. The van der Waals surface area contributed by atoms with E-state index in [-0.39, 0.29) is 36.9 Å². The first kappa shape index (κ1) is 35.3. The molecule has 0 saturated carbocycles. The summed E-state index contributed by atoms with van der Waals surface area (Å²) in [6.45, 7) is 13.3. The summed E-state index contributed by atoms with van der Waals surface area (Å²) in [4.78, 5) is 77.5. The fourth-order valence-electron chi connectivity index (χ4n) is 3.88. The Morgan fingerprint density at radius 2 is 1.34 bits per heavy atom. The minimum atomic E-state index is -1.61. The van der Waals surface area contributed by atoms with E-state index >= 15 is 0 Å². The molecule has 0 aliphatic heterocycles. The van der Waals surface area contributed by atoms with Crippen molar-refractivity contribution in [2.75, 3.05) is 0 Å². The van der Waals surface area contributed by atoms with Crippen LogP contribution in [-0.4, -0.2) is 75.5 Å². The van der Waals surface area contributed by atoms with Crippen molar-refractivity contribution in [3.8, 4) is 0 Å². The van der Waals surface area contributed by atoms with Gasteiger partial charge in [0.15, 0.2) is 0 Å². The van der Waals surface area contributed by atoms with Gasteiger partial charge < -0.3 is 27.6 Å². The van der Waals surface area contributed by atoms with Gasteiger partial charge in [0.05, 0.1) is 18.1 Å². The van der Waals surface area contributed by atoms with Gasteiger partial charge in [-0.05, 0) is 36.5 Å². The van der Waals surface area contributed by atoms with Crippen LogP contribution in [0.25, 0.3) is 0 Å². The number of carbonyl (C=O) groups is 6. The molecule has 0 bridgehead atoms. The molecule has 0 rings (SSSR count). The maximum atomic E-state index is 13.8. The molecule has 12 nitrogen and oxygen atoms in total. The van der Waals surface area contributed by atoms with Gasteiger partial charge in [-0.3, -0.25) is 28.9 Å². The quantitative estimate of drug-likeness (QED) is 0.167. The molecule has 0 radical (unpaired) electrons. The number of carboxylic acid groups (broad SMARTS) is 1. The highest BCUT2D eigenvalue weighted by Crippen LogP contribution is 2.21. The molecule has 0 aromatic heterocycles. The minimum absolute atomic E-state index is 0.0138. The standard InChI is InChI=1S/C26H47N5O7/c1-9-16(27)22(33)23(34)30-17(10-12(2)3)24(35)31(21(14(6)7)26(37)38)25(36)20(29)15(8)11-18(32)19(28)13(4)5/h12-17,19-21H,9-11,27-29H2,1-8H3,(H,30,34)(H,37,38)/t15?,16-,17+,19-,20-,21-/m0/s1. The number of amides is 3. The van der Waals surface area contributed by atoms with Crippen LogP contribution in [0.1, 0.15) is 74.7 Å². The molecule has 0 aliphatic carbocycles. The van der Waals surface area contributed by atoms with E-state index in [1.165, 1.54) is 13.8 Å². The topological polar surface area (TPSA) is 216 Å². The van der Waals surface area contributed by atoms with E-state index in [0.29, 0.717) is 4.90 Å². The Morgan fingerprint density at radius 3 is 1.74 bits per heavy atom. The molecule has 0 saturated heterocycles. The molecular formula is C26H47N5O7. The van der Waals surface area contributed by atoms with Gasteiger partial charge in [0.25, 0.3) is 11.8 Å². The first-order valence-corrected chi connectivity index (χ1v) is 13.1. The smallest absolute Gasteiger partial charge is 0.327 e. The van der Waals surface area contributed by atoms with E-state index in [4.69, 9.17) is 17.2 Å². The third kappa shape index (κ3) is 9.88. The van der Waals surface area contributed by atoms with Crippen molar-refractivity contribution < 1.29 is 33.9 Å². The number of carbonyl (C=O) groups excluding carboxylic acids is 5. The number of hydrogen-bond acceptors (Lipinski definition) is 9. The van der Waals surface area contributed by atoms with Gasteiger partial charge in [0.1, 0.15) is 17.9 Å². The summed E-state index contributed by atoms with van der Waals surface area (Å²) < 4.78 is 0. The highest BCUT2D eigenvalue weighted by atomic mass is 16.4. The van der Waals surface area contributed by atoms with Crippen LogP contribution >= 0.6 is 0 Å². The fourth-order valence-corrected chi connectivity index (χ4v) is 3.88. The van der Waals surface area contributed by atoms with Crippen LogP contribution in [-0.2, 0) is 28.8 Å². The average Bonchev–Trinajstić information content (AvgIpc) is 2.82. The van der Waals surface area contributed by atoms with Crippen LogP contribution in [0.15, 0.2) is 0 Å². The van der Waals surface area contributed by atoms with E-state index < -0.39 is 71.5 Å². The summed E-state index contributed by atoms with van der Waals surface area (Å²) in [7, 11) is 0. The number of Topliss-reactive ketones (excluding diaryl/α,β-unsaturated/α-hetero) is 2. The van der Waals surface area contributed by atoms with Crippen LogP contribution in [0, 0.1) is 23.7 Å². The number of nitrogens with two attached hydrogens (primary N) is 3. The van der Waals surface area contributed by atoms with E-state index in [9.17, 15) is 33.9 Å². The summed E-state index contributed by atoms with van der Waals surface area (Å²) in [5, 5.41) is 12.3. The van der Waals surface area contributed by atoms with Crippen LogP contribution in [0.2, 0.25) is 0 Å². The third-order valence-corrected chi connectivity index (χ3v) is 6.46. The molecular weight excluding hydrogens is 494 g/mol. The Labute approximate surface area is 225 Å². The molecule has 0 fully saturated rings. The second-order valence-electron chi connectivity index (χ2n) is 11.1. The summed E-state index contributed by atoms with van der Waals surface area (Å²) in [6, 6.07) is -6.25. The number of aliphatic carboxylic acids is 1. The number of nitrogens with one attached hydrogen (secondary N) is 1. The van der Waals surface area contributed by atoms with Crippen LogP contribution in [0.5, 0.6) is 0 Å². The number of imide groups is 1. The van der Waals surface area contributed by atoms with Crippen molar-refractivity contribution in [3.63, 3.8) is 0 Å². The number of rotatable bonds is 16. The van der Waals surface area contributed by atoms with E-state index in [1.807, 2.05) is 0 Å². The van der Waals surface area contributed by atoms with Crippen LogP contribution in [0.4, 0.5) is 0 Å². The molecule has 6 atom stereocenters. The zero-order valence-electron chi connectivity index (χ0n) is 23.9. The summed E-state index contributed by atoms with van der Waals surface area (Å²) >= 11 is 0. The molecule has 12 heteroatoms. The Bertz CT molecular complexity index is 874. The Kier molecular flexibility index (Phi) is 14.5. The van der Waals surface area contributed by atoms with Crippen molar-refractivity contribution in [1.29, 1.82) is 0 Å². The Balaban J connectivity index is 6.38. The Morgan fingerprint density at radius 1 is 0.816 bits per heavy atom. The van der Waals surface area contributed by atoms with Crippen molar-refractivity contribution >= 4 is 35.3 Å². The molecule has 38 heavy (non-hydrogen) atoms. The highest BCUT2D eigenvalue weighted by molar-refractivity contribution is 6.38. The summed E-state index contributed by atoms with van der Waals surface area (Å²) in [5.41, 5.74) is 17.8. The van der Waals surface area contributed by atoms with Gasteiger partial charge in [0.2, 0.25) is 11.7 Å². The van der Waals surface area contributed by atoms with Crippen molar-refractivity contribution in [2.45, 2.75) is 105 Å². The second kappa shape index (κ2) is 15.6. The van der Waals surface area contributed by atoms with Gasteiger partial charge >= 0.3 is 5.97 Å². The van der Waals surface area contributed by atoms with Crippen molar-refractivity contribution in [1.82, 2.24) is 10.2 Å². The van der Waals surface area contributed by atoms with Crippen LogP contribution < -0.4 is 22.5 Å². The number of nitrogens with zero attached hydrogens (tertiary/aromatic N) is 1. The van der Waals surface area contributed by atoms with Gasteiger partial charge in [-0.15, -0.1) is 0 Å². The lowest BCUT2D eigenvalue weighted by Crippen LogP contribution is -2.62. The maximum Gasteiger partial charge on any atom is 0.327 e. The lowest BCUT2D eigenvalue weighted by Gasteiger charge is -2.35. The maximum absolute atomic E-state index is 13.8. The van der Waals surface area contributed by atoms with Gasteiger partial charge in [-0.25, -0.2) is 4.79 Å². The second-order valence-corrected chi connectivity index (χ2v) is 11.1. The lowest BCUT2D eigenvalue weighted by atomic mass is 9.89. The molecule has 0 spiro atoms. The zero-order chi connectivity index (χ0) is 30.1. The fraction of sp³-hybridized carbons (Fsp3) is 0.769. The molecule has 3 amide bonds. The third-order valence-electron chi connectivity index (χ3n) is 6.46. The van der Waals surface area contributed by atoms with Crippen molar-refractivity contribution in [2.24, 2.45) is 40.9 Å². The molecule has 0 aromatic rings. The highest BCUT2D eigenvalue weighted by Gasteiger charge is 2.43. The molecule has 0 aromatic carbocycles. The monoisotopic (exact) mass is 541 g/mol. The molecule has 8 N–H and O–H groups in total. The van der Waals surface area contributed by atoms with Crippen LogP contribution in [0.3, 0.4) is 0 Å². The van der Waals surface area contributed by atoms with E-state index in [1.54, 1.807) is 41.5 Å². The summed E-state index contributed by atoms with van der Waals surface area (Å²) in [6.07, 6.45) is 0.0588. The van der Waals surface area contributed by atoms with Crippen molar-refractivity contribution in [3.05, 3.63) is 0 Å². The SMILES string of the molecule is CC[C@H](N)C(=O)C(=O)N[C@H](CC(C)C)C(=O)N(C(=O)[C@@H](N)C(C)CC(=O)[C@@H](N)C(C)C)[C@H](C(=O)O)C(C)C. The number of ketones is 2. The average molecular weight is 542 g/mol. The normalized spacial score (nSPS) is 16.4. The largest absolute Gasteiger partial charge is 0.480 e. The van der Waals surface area contributed by atoms with E-state index in [2.05, 4.69) is 5.32 Å². The van der Waals surface area contributed by atoms with Gasteiger partial charge in [-0.2, -0.15) is 0 Å². The number of hydrogen-bond donors (Lipinski definition) is 5. The van der Waals surface area contributed by atoms with E-state index in [0.717, 1.165) is 0 Å². The predicted molar refractivity (Wildman–Crippen MR) is 142 cm³/mol. The molecule has 1 unspecified atom stereocenters. The Hall–Kier alpha value is -2.70. The molecule has 0 aliphatic rings. The lowest BCUT2D eigenvalue weighted by molar-refractivity contribution is -0.162. The molecule has 218 valence electrons. The van der Waals surface area contributed by atoms with Gasteiger partial charge in [-0.1, -0.05) is 55.4 Å². The zero-order valence-corrected chi connectivity index (χ0v) is 23.9.